The number of halogens is 5. The molecule has 1 aromatic rings. The summed E-state index contributed by atoms with van der Waals surface area (Å²) in [5, 5.41) is 2.36. The molecule has 1 N–H and O–H groups in total. The van der Waals surface area contributed by atoms with Crippen LogP contribution >= 0.6 is 10.2 Å². The van der Waals surface area contributed by atoms with Crippen molar-refractivity contribution in [2.45, 2.75) is 30.6 Å². The predicted molar refractivity (Wildman–Crippen MR) is 75.4 cm³/mol. The third-order valence-electron chi connectivity index (χ3n) is 4.62. The fourth-order valence-electron chi connectivity index (χ4n) is 3.61. The lowest BCUT2D eigenvalue weighted by atomic mass is 9.88. The van der Waals surface area contributed by atoms with Crippen molar-refractivity contribution >= 4 is 21.8 Å². The van der Waals surface area contributed by atoms with E-state index in [2.05, 4.69) is 5.32 Å². The average molecular weight is 341 g/mol. The van der Waals surface area contributed by atoms with Crippen molar-refractivity contribution in [3.05, 3.63) is 24.3 Å². The molecule has 0 spiro atoms. The summed E-state index contributed by atoms with van der Waals surface area (Å²) in [6, 6.07) is 2.71. The Morgan fingerprint density at radius 3 is 2.36 bits per heavy atom. The monoisotopic (exact) mass is 341 g/mol. The molecule has 2 saturated carbocycles. The molecule has 1 amide bonds. The molecule has 0 heterocycles. The zero-order chi connectivity index (χ0) is 16.2. The van der Waals surface area contributed by atoms with Crippen LogP contribution in [-0.4, -0.2) is 5.91 Å². The minimum atomic E-state index is -9.72. The van der Waals surface area contributed by atoms with Gasteiger partial charge in [0.15, 0.2) is 0 Å². The Morgan fingerprint density at radius 2 is 1.82 bits per heavy atom. The highest BCUT2D eigenvalue weighted by Gasteiger charge is 2.65. The van der Waals surface area contributed by atoms with E-state index in [1.54, 1.807) is 0 Å². The second-order valence-electron chi connectivity index (χ2n) is 6.27. The molecular formula is C14H16F5NOS. The fraction of sp³-hybridized carbons (Fsp3) is 0.500. The third-order valence-corrected chi connectivity index (χ3v) is 5.77. The van der Waals surface area contributed by atoms with Crippen LogP contribution in [0.1, 0.15) is 25.7 Å². The number of carbonyl (C=O) groups excluding carboxylic acids is 1. The Labute approximate surface area is 124 Å². The molecule has 2 bridgehead atoms. The zero-order valence-corrected chi connectivity index (χ0v) is 12.4. The quantitative estimate of drug-likeness (QED) is 0.700. The fourth-order valence-corrected chi connectivity index (χ4v) is 4.30. The molecule has 2 fully saturated rings. The highest BCUT2D eigenvalue weighted by molar-refractivity contribution is 8.45. The van der Waals surface area contributed by atoms with Crippen LogP contribution in [-0.2, 0) is 4.79 Å². The summed E-state index contributed by atoms with van der Waals surface area (Å²) in [5.74, 6) is 0.189. The number of fused-ring (bicyclic) bond motifs is 2. The van der Waals surface area contributed by atoms with E-state index in [4.69, 9.17) is 0 Å². The van der Waals surface area contributed by atoms with Gasteiger partial charge in [0, 0.05) is 11.6 Å². The molecule has 22 heavy (non-hydrogen) atoms. The average Bonchev–Trinajstić information content (AvgIpc) is 2.98. The van der Waals surface area contributed by atoms with Gasteiger partial charge in [-0.05, 0) is 49.3 Å². The maximum absolute atomic E-state index is 12.8. The van der Waals surface area contributed by atoms with Gasteiger partial charge in [-0.2, -0.15) is 0 Å². The molecule has 2 aliphatic carbocycles. The summed E-state index contributed by atoms with van der Waals surface area (Å²) in [7, 11) is -9.72. The summed E-state index contributed by atoms with van der Waals surface area (Å²) >= 11 is 0. The third kappa shape index (κ3) is 3.06. The molecule has 1 aromatic carbocycles. The van der Waals surface area contributed by atoms with Crippen LogP contribution in [0.5, 0.6) is 0 Å². The lowest BCUT2D eigenvalue weighted by Gasteiger charge is -2.40. The summed E-state index contributed by atoms with van der Waals surface area (Å²) in [6.45, 7) is 0. The van der Waals surface area contributed by atoms with E-state index in [9.17, 15) is 24.2 Å². The van der Waals surface area contributed by atoms with Crippen LogP contribution in [0, 0.1) is 17.8 Å². The van der Waals surface area contributed by atoms with Gasteiger partial charge >= 0.3 is 10.2 Å². The van der Waals surface area contributed by atoms with Gasteiger partial charge in [-0.25, -0.2) is 0 Å². The largest absolute Gasteiger partial charge is 0.326 e. The summed E-state index contributed by atoms with van der Waals surface area (Å²) in [4.78, 5) is 10.2. The van der Waals surface area contributed by atoms with Gasteiger partial charge < -0.3 is 5.32 Å². The summed E-state index contributed by atoms with van der Waals surface area (Å²) < 4.78 is 63.9. The smallest absolute Gasteiger partial charge is 0.310 e. The first kappa shape index (κ1) is 15.6. The number of carbonyl (C=O) groups is 1. The summed E-state index contributed by atoms with van der Waals surface area (Å²) in [6.07, 6.45) is 3.75. The minimum Gasteiger partial charge on any atom is -0.326 e. The molecule has 124 valence electrons. The highest BCUT2D eigenvalue weighted by Crippen LogP contribution is 3.02. The topological polar surface area (TPSA) is 29.1 Å². The van der Waals surface area contributed by atoms with E-state index >= 15 is 0 Å². The first-order chi connectivity index (χ1) is 9.92. The number of amides is 1. The maximum atomic E-state index is 12.8. The first-order valence-electron chi connectivity index (χ1n) is 7.07. The molecule has 2 nitrogen and oxygen atoms in total. The van der Waals surface area contributed by atoms with E-state index in [0.717, 1.165) is 31.7 Å². The Kier molecular flexibility index (Phi) is 2.94. The van der Waals surface area contributed by atoms with Crippen LogP contribution in [0.15, 0.2) is 29.2 Å². The van der Waals surface area contributed by atoms with Crippen molar-refractivity contribution in [1.82, 2.24) is 0 Å². The molecule has 0 saturated heterocycles. The van der Waals surface area contributed by atoms with Gasteiger partial charge in [-0.3, -0.25) is 4.79 Å². The normalized spacial score (nSPS) is 30.7. The molecule has 0 aromatic heterocycles. The lowest BCUT2D eigenvalue weighted by Crippen LogP contribution is -2.27. The number of nitrogens with one attached hydrogen (secondary N) is 1. The number of rotatable bonds is 3. The zero-order valence-electron chi connectivity index (χ0n) is 11.6. The summed E-state index contributed by atoms with van der Waals surface area (Å²) in [5.41, 5.74) is -0.237. The van der Waals surface area contributed by atoms with Gasteiger partial charge in [-0.1, -0.05) is 31.9 Å². The number of anilines is 1. The van der Waals surface area contributed by atoms with E-state index in [-0.39, 0.29) is 23.4 Å². The van der Waals surface area contributed by atoms with Crippen molar-refractivity contribution in [3.63, 3.8) is 0 Å². The molecule has 8 heteroatoms. The van der Waals surface area contributed by atoms with E-state index in [1.165, 1.54) is 6.07 Å². The van der Waals surface area contributed by atoms with Crippen LogP contribution in [0.3, 0.4) is 0 Å². The molecular weight excluding hydrogens is 325 g/mol. The number of benzene rings is 1. The Bertz CT molecular complexity index is 630. The standard InChI is InChI=1S/C14H16F5NOS/c15-22(16,17,18,19)12-3-1-2-11(8-12)20-14(21)13-7-9-4-5-10(13)6-9/h1-3,8-10,13H,4-7H2,(H,20,21). The van der Waals surface area contributed by atoms with Gasteiger partial charge in [0.25, 0.3) is 0 Å². The number of hydrogen-bond donors (Lipinski definition) is 1. The number of hydrogen-bond acceptors (Lipinski definition) is 1. The SMILES string of the molecule is O=C(Nc1cccc(S(F)(F)(F)(F)F)c1)C1CC2CCC1C2. The second kappa shape index (κ2) is 4.15. The maximum Gasteiger partial charge on any atom is 0.310 e. The van der Waals surface area contributed by atoms with E-state index < -0.39 is 15.1 Å². The van der Waals surface area contributed by atoms with Gasteiger partial charge in [-0.15, -0.1) is 0 Å². The van der Waals surface area contributed by atoms with Crippen molar-refractivity contribution in [2.75, 3.05) is 5.32 Å². The Balaban J connectivity index is 1.78. The molecule has 0 radical (unpaired) electrons. The van der Waals surface area contributed by atoms with Crippen LogP contribution < -0.4 is 5.32 Å². The van der Waals surface area contributed by atoms with Crippen LogP contribution in [0.25, 0.3) is 0 Å². The van der Waals surface area contributed by atoms with Crippen molar-refractivity contribution in [2.24, 2.45) is 17.8 Å². The van der Waals surface area contributed by atoms with E-state index in [0.29, 0.717) is 18.1 Å². The lowest BCUT2D eigenvalue weighted by molar-refractivity contribution is -0.121. The molecule has 2 aliphatic rings. The molecule has 0 aliphatic heterocycles. The molecule has 3 rings (SSSR count). The Hall–Kier alpha value is -1.31. The molecule has 3 unspecified atom stereocenters. The van der Waals surface area contributed by atoms with Crippen LogP contribution in [0.2, 0.25) is 0 Å². The molecule has 3 atom stereocenters. The Morgan fingerprint density at radius 1 is 1.09 bits per heavy atom. The van der Waals surface area contributed by atoms with Crippen molar-refractivity contribution in [1.29, 1.82) is 0 Å². The predicted octanol–water partition coefficient (Wildman–Crippen LogP) is 5.72. The van der Waals surface area contributed by atoms with Gasteiger partial charge in [0.05, 0.1) is 0 Å². The van der Waals surface area contributed by atoms with Crippen LogP contribution in [0.4, 0.5) is 25.1 Å². The van der Waals surface area contributed by atoms with E-state index in [1.807, 2.05) is 0 Å². The second-order valence-corrected chi connectivity index (χ2v) is 8.68. The van der Waals surface area contributed by atoms with Crippen molar-refractivity contribution < 1.29 is 24.2 Å². The highest BCUT2D eigenvalue weighted by atomic mass is 32.5. The van der Waals surface area contributed by atoms with Gasteiger partial charge in [0.2, 0.25) is 5.91 Å². The van der Waals surface area contributed by atoms with Gasteiger partial charge in [0.1, 0.15) is 4.90 Å². The van der Waals surface area contributed by atoms with Crippen molar-refractivity contribution in [3.8, 4) is 0 Å². The first-order valence-corrected chi connectivity index (χ1v) is 9.02. The minimum absolute atomic E-state index is 0.220.